The average molecular weight is 369 g/mol. The highest BCUT2D eigenvalue weighted by Gasteiger charge is 2.37. The first-order chi connectivity index (χ1) is 11.7. The third-order valence-corrected chi connectivity index (χ3v) is 5.51. The Hall–Kier alpha value is -1.30. The van der Waals surface area contributed by atoms with E-state index < -0.39 is 0 Å². The molecule has 6 heteroatoms. The molecule has 5 nitrogen and oxygen atoms in total. The van der Waals surface area contributed by atoms with E-state index in [-0.39, 0.29) is 35.9 Å². The monoisotopic (exact) mass is 368 g/mol. The van der Waals surface area contributed by atoms with Crippen molar-refractivity contribution in [1.29, 1.82) is 0 Å². The van der Waals surface area contributed by atoms with Crippen molar-refractivity contribution in [2.45, 2.75) is 56.1 Å². The highest BCUT2D eigenvalue weighted by Crippen LogP contribution is 2.41. The maximum Gasteiger partial charge on any atom is 0.249 e. The van der Waals surface area contributed by atoms with Gasteiger partial charge in [0, 0.05) is 18.5 Å². The van der Waals surface area contributed by atoms with Gasteiger partial charge in [0.05, 0.1) is 13.2 Å². The molecule has 140 valence electrons. The molecule has 0 radical (unpaired) electrons. The number of rotatable bonds is 6. The number of carbonyl (C=O) groups excluding carboxylic acids is 1. The Balaban J connectivity index is 0.00000225. The minimum absolute atomic E-state index is 0. The van der Waals surface area contributed by atoms with E-state index in [0.717, 1.165) is 31.4 Å². The van der Waals surface area contributed by atoms with Crippen LogP contribution < -0.4 is 15.8 Å². The summed E-state index contributed by atoms with van der Waals surface area (Å²) in [5.41, 5.74) is 6.89. The maximum absolute atomic E-state index is 12.5. The zero-order chi connectivity index (χ0) is 17.0. The zero-order valence-corrected chi connectivity index (χ0v) is 15.6. The molecule has 2 atom stereocenters. The molecule has 3 rings (SSSR count). The van der Waals surface area contributed by atoms with Crippen LogP contribution in [-0.4, -0.2) is 38.3 Å². The van der Waals surface area contributed by atoms with Crippen molar-refractivity contribution < 1.29 is 14.3 Å². The molecule has 0 bridgehead atoms. The van der Waals surface area contributed by atoms with E-state index in [2.05, 4.69) is 17.4 Å². The summed E-state index contributed by atoms with van der Waals surface area (Å²) in [7, 11) is 1.69. The Morgan fingerprint density at radius 2 is 2.12 bits per heavy atom. The van der Waals surface area contributed by atoms with Gasteiger partial charge in [0.25, 0.3) is 0 Å². The summed E-state index contributed by atoms with van der Waals surface area (Å²) in [6, 6.07) is 8.25. The third kappa shape index (κ3) is 4.46. The lowest BCUT2D eigenvalue weighted by molar-refractivity contribution is -0.132. The van der Waals surface area contributed by atoms with Crippen molar-refractivity contribution in [2.75, 3.05) is 20.2 Å². The van der Waals surface area contributed by atoms with Gasteiger partial charge in [-0.2, -0.15) is 0 Å². The van der Waals surface area contributed by atoms with Gasteiger partial charge >= 0.3 is 0 Å². The van der Waals surface area contributed by atoms with Crippen LogP contribution in [0.3, 0.4) is 0 Å². The number of benzene rings is 1. The van der Waals surface area contributed by atoms with Crippen LogP contribution in [0.4, 0.5) is 0 Å². The van der Waals surface area contributed by atoms with Crippen LogP contribution >= 0.6 is 12.4 Å². The zero-order valence-electron chi connectivity index (χ0n) is 14.8. The lowest BCUT2D eigenvalue weighted by Crippen LogP contribution is -2.43. The summed E-state index contributed by atoms with van der Waals surface area (Å²) < 4.78 is 11.1. The summed E-state index contributed by atoms with van der Waals surface area (Å²) in [5.74, 6) is 0.870. The Bertz CT molecular complexity index is 576. The SMILES string of the molecule is COc1cccc(C2(CNC(=O)[C@@H]3CC[C@H](CN)O3)CCCC2)c1.Cl. The van der Waals surface area contributed by atoms with Gasteiger partial charge in [-0.25, -0.2) is 0 Å². The molecule has 0 aromatic heterocycles. The van der Waals surface area contributed by atoms with Gasteiger partial charge < -0.3 is 20.5 Å². The van der Waals surface area contributed by atoms with Gasteiger partial charge in [-0.15, -0.1) is 12.4 Å². The highest BCUT2D eigenvalue weighted by molar-refractivity contribution is 5.85. The quantitative estimate of drug-likeness (QED) is 0.809. The van der Waals surface area contributed by atoms with Gasteiger partial charge in [-0.3, -0.25) is 4.79 Å². The van der Waals surface area contributed by atoms with Gasteiger partial charge in [0.15, 0.2) is 0 Å². The summed E-state index contributed by atoms with van der Waals surface area (Å²) in [5, 5.41) is 3.14. The molecule has 1 saturated carbocycles. The molecule has 3 N–H and O–H groups in total. The van der Waals surface area contributed by atoms with E-state index in [1.807, 2.05) is 12.1 Å². The van der Waals surface area contributed by atoms with Crippen molar-refractivity contribution in [3.8, 4) is 5.75 Å². The molecular weight excluding hydrogens is 340 g/mol. The fourth-order valence-electron chi connectivity index (χ4n) is 4.01. The summed E-state index contributed by atoms with van der Waals surface area (Å²) >= 11 is 0. The van der Waals surface area contributed by atoms with E-state index in [0.29, 0.717) is 13.1 Å². The molecule has 25 heavy (non-hydrogen) atoms. The fraction of sp³-hybridized carbons (Fsp3) is 0.632. The second kappa shape index (κ2) is 8.88. The molecule has 2 fully saturated rings. The van der Waals surface area contributed by atoms with Crippen molar-refractivity contribution in [3.05, 3.63) is 29.8 Å². The van der Waals surface area contributed by atoms with Crippen LogP contribution in [-0.2, 0) is 14.9 Å². The first kappa shape index (κ1) is 20.0. The van der Waals surface area contributed by atoms with E-state index in [1.165, 1.54) is 18.4 Å². The standard InChI is InChI=1S/C19H28N2O3.ClH/c1-23-15-6-4-5-14(11-15)19(9-2-3-10-19)13-21-18(22)17-8-7-16(12-20)24-17;/h4-6,11,16-17H,2-3,7-10,12-13,20H2,1H3,(H,21,22);1H/t16-,17+;/m1./s1. The van der Waals surface area contributed by atoms with Crippen LogP contribution in [0.1, 0.15) is 44.1 Å². The van der Waals surface area contributed by atoms with E-state index in [1.54, 1.807) is 7.11 Å². The van der Waals surface area contributed by atoms with Gasteiger partial charge in [0.2, 0.25) is 5.91 Å². The lowest BCUT2D eigenvalue weighted by Gasteiger charge is -2.30. The van der Waals surface area contributed by atoms with Crippen molar-refractivity contribution in [1.82, 2.24) is 5.32 Å². The molecule has 1 saturated heterocycles. The van der Waals surface area contributed by atoms with Gasteiger partial charge in [0.1, 0.15) is 11.9 Å². The molecule has 0 unspecified atom stereocenters. The molecule has 1 heterocycles. The minimum Gasteiger partial charge on any atom is -0.497 e. The van der Waals surface area contributed by atoms with Gasteiger partial charge in [-0.05, 0) is 43.4 Å². The molecule has 1 aliphatic heterocycles. The van der Waals surface area contributed by atoms with E-state index in [9.17, 15) is 4.79 Å². The summed E-state index contributed by atoms with van der Waals surface area (Å²) in [4.78, 5) is 12.5. The van der Waals surface area contributed by atoms with Crippen LogP contribution in [0.2, 0.25) is 0 Å². The van der Waals surface area contributed by atoms with Crippen LogP contribution in [0.25, 0.3) is 0 Å². The average Bonchev–Trinajstić information content (AvgIpc) is 3.30. The molecule has 0 spiro atoms. The number of hydrogen-bond donors (Lipinski definition) is 2. The van der Waals surface area contributed by atoms with Crippen molar-refractivity contribution in [2.24, 2.45) is 5.73 Å². The second-order valence-electron chi connectivity index (χ2n) is 7.00. The number of ether oxygens (including phenoxy) is 2. The molecule has 2 aliphatic rings. The van der Waals surface area contributed by atoms with Crippen molar-refractivity contribution in [3.63, 3.8) is 0 Å². The Labute approximate surface area is 156 Å². The number of methoxy groups -OCH3 is 1. The topological polar surface area (TPSA) is 73.6 Å². The number of amides is 1. The second-order valence-corrected chi connectivity index (χ2v) is 7.00. The molecule has 1 amide bonds. The first-order valence-corrected chi connectivity index (χ1v) is 8.95. The smallest absolute Gasteiger partial charge is 0.249 e. The lowest BCUT2D eigenvalue weighted by atomic mass is 9.78. The molecular formula is C19H29ClN2O3. The van der Waals surface area contributed by atoms with E-state index in [4.69, 9.17) is 15.2 Å². The molecule has 1 aliphatic carbocycles. The van der Waals surface area contributed by atoms with Crippen LogP contribution in [0.15, 0.2) is 24.3 Å². The number of nitrogens with two attached hydrogens (primary N) is 1. The fourth-order valence-corrected chi connectivity index (χ4v) is 4.01. The largest absolute Gasteiger partial charge is 0.497 e. The Morgan fingerprint density at radius 1 is 1.36 bits per heavy atom. The number of carbonyl (C=O) groups is 1. The summed E-state index contributed by atoms with van der Waals surface area (Å²) in [6.07, 6.45) is 5.90. The third-order valence-electron chi connectivity index (χ3n) is 5.51. The Kier molecular flexibility index (Phi) is 7.11. The minimum atomic E-state index is -0.345. The van der Waals surface area contributed by atoms with Gasteiger partial charge in [-0.1, -0.05) is 25.0 Å². The normalized spacial score (nSPS) is 24.6. The highest BCUT2D eigenvalue weighted by atomic mass is 35.5. The van der Waals surface area contributed by atoms with Crippen molar-refractivity contribution >= 4 is 18.3 Å². The first-order valence-electron chi connectivity index (χ1n) is 8.95. The van der Waals surface area contributed by atoms with E-state index >= 15 is 0 Å². The number of hydrogen-bond acceptors (Lipinski definition) is 4. The Morgan fingerprint density at radius 3 is 2.76 bits per heavy atom. The summed E-state index contributed by atoms with van der Waals surface area (Å²) in [6.45, 7) is 1.14. The number of halogens is 1. The number of nitrogens with one attached hydrogen (secondary N) is 1. The maximum atomic E-state index is 12.5. The molecule has 1 aromatic carbocycles. The predicted molar refractivity (Wildman–Crippen MR) is 100 cm³/mol. The van der Waals surface area contributed by atoms with Crippen LogP contribution in [0.5, 0.6) is 5.75 Å². The molecule has 1 aromatic rings. The van der Waals surface area contributed by atoms with Crippen LogP contribution in [0, 0.1) is 0 Å². The predicted octanol–water partition coefficient (Wildman–Crippen LogP) is 2.55.